The molecule has 3 rings (SSSR count). The number of carbonyl (C=O) groups is 1. The molecule has 1 aromatic heterocycles. The van der Waals surface area contributed by atoms with E-state index in [0.29, 0.717) is 23.9 Å². The quantitative estimate of drug-likeness (QED) is 0.802. The molecular weight excluding hydrogens is 240 g/mol. The van der Waals surface area contributed by atoms with Gasteiger partial charge in [0.1, 0.15) is 0 Å². The van der Waals surface area contributed by atoms with E-state index in [4.69, 9.17) is 17.3 Å². The van der Waals surface area contributed by atoms with Crippen molar-refractivity contribution in [3.8, 4) is 0 Å². The van der Waals surface area contributed by atoms with Crippen LogP contribution >= 0.6 is 11.6 Å². The highest BCUT2D eigenvalue weighted by atomic mass is 35.5. The topological polar surface area (TPSA) is 72.9 Å². The molecule has 17 heavy (non-hydrogen) atoms. The molecule has 2 aromatic rings. The van der Waals surface area contributed by atoms with Crippen LogP contribution in [0.2, 0.25) is 5.02 Å². The first kappa shape index (κ1) is 10.4. The predicted molar refractivity (Wildman–Crippen MR) is 65.8 cm³/mol. The molecule has 5 nitrogen and oxygen atoms in total. The van der Waals surface area contributed by atoms with Gasteiger partial charge in [0, 0.05) is 18.0 Å². The molecule has 1 aromatic carbocycles. The van der Waals surface area contributed by atoms with Crippen molar-refractivity contribution < 1.29 is 4.79 Å². The number of nitrogens with zero attached hydrogens (tertiary/aromatic N) is 2. The first-order valence-corrected chi connectivity index (χ1v) is 5.72. The van der Waals surface area contributed by atoms with Gasteiger partial charge in [0.2, 0.25) is 11.9 Å². The number of fused-ring (bicyclic) bond motifs is 1. The van der Waals surface area contributed by atoms with Crippen LogP contribution in [0.3, 0.4) is 0 Å². The summed E-state index contributed by atoms with van der Waals surface area (Å²) in [5.74, 6) is 0.467. The van der Waals surface area contributed by atoms with E-state index in [0.717, 1.165) is 11.0 Å². The van der Waals surface area contributed by atoms with Crippen molar-refractivity contribution in [2.75, 3.05) is 12.3 Å². The monoisotopic (exact) mass is 250 g/mol. The molecule has 6 heteroatoms. The molecule has 3 N–H and O–H groups in total. The van der Waals surface area contributed by atoms with Gasteiger partial charge in [-0.2, -0.15) is 0 Å². The highest BCUT2D eigenvalue weighted by Gasteiger charge is 2.26. The molecule has 1 atom stereocenters. The first-order valence-electron chi connectivity index (χ1n) is 5.35. The summed E-state index contributed by atoms with van der Waals surface area (Å²) in [4.78, 5) is 15.5. The van der Waals surface area contributed by atoms with E-state index < -0.39 is 0 Å². The van der Waals surface area contributed by atoms with Gasteiger partial charge in [-0.3, -0.25) is 4.79 Å². The Labute approximate surface area is 103 Å². The van der Waals surface area contributed by atoms with Gasteiger partial charge in [0.15, 0.2) is 0 Å². The number of nitrogens with one attached hydrogen (secondary N) is 1. The van der Waals surface area contributed by atoms with E-state index in [-0.39, 0.29) is 11.9 Å². The number of nitrogen functional groups attached to an aromatic ring is 1. The third kappa shape index (κ3) is 1.63. The average molecular weight is 251 g/mol. The lowest BCUT2D eigenvalue weighted by atomic mass is 10.2. The number of anilines is 1. The fraction of sp³-hybridized carbons (Fsp3) is 0.273. The van der Waals surface area contributed by atoms with Crippen molar-refractivity contribution in [1.29, 1.82) is 0 Å². The summed E-state index contributed by atoms with van der Waals surface area (Å²) in [6.07, 6.45) is 0.443. The number of rotatable bonds is 1. The minimum absolute atomic E-state index is 0.0358. The number of hydrogen-bond donors (Lipinski definition) is 2. The maximum absolute atomic E-state index is 11.2. The summed E-state index contributed by atoms with van der Waals surface area (Å²) in [5.41, 5.74) is 7.57. The maximum Gasteiger partial charge on any atom is 0.222 e. The zero-order valence-electron chi connectivity index (χ0n) is 8.98. The Kier molecular flexibility index (Phi) is 2.22. The Morgan fingerprint density at radius 2 is 2.35 bits per heavy atom. The van der Waals surface area contributed by atoms with Gasteiger partial charge in [-0.15, -0.1) is 0 Å². The highest BCUT2D eigenvalue weighted by molar-refractivity contribution is 6.31. The molecule has 2 heterocycles. The summed E-state index contributed by atoms with van der Waals surface area (Å²) in [5, 5.41) is 3.42. The summed E-state index contributed by atoms with van der Waals surface area (Å²) in [6.45, 7) is 0.594. The molecule has 0 bridgehead atoms. The van der Waals surface area contributed by atoms with Crippen LogP contribution in [-0.2, 0) is 4.79 Å². The van der Waals surface area contributed by atoms with E-state index in [1.807, 2.05) is 10.6 Å². The number of amides is 1. The maximum atomic E-state index is 11.2. The Morgan fingerprint density at radius 3 is 3.06 bits per heavy atom. The number of benzene rings is 1. The number of imidazole rings is 1. The van der Waals surface area contributed by atoms with Gasteiger partial charge in [-0.1, -0.05) is 11.6 Å². The molecule has 0 spiro atoms. The second kappa shape index (κ2) is 3.63. The van der Waals surface area contributed by atoms with Crippen molar-refractivity contribution in [3.05, 3.63) is 23.2 Å². The number of carbonyl (C=O) groups excluding carboxylic acids is 1. The van der Waals surface area contributed by atoms with Crippen LogP contribution in [0, 0.1) is 0 Å². The largest absolute Gasteiger partial charge is 0.369 e. The zero-order chi connectivity index (χ0) is 12.0. The SMILES string of the molecule is Nc1nc2cc(Cl)ccc2n1C1CNC(=O)C1. The number of aromatic nitrogens is 2. The van der Waals surface area contributed by atoms with Crippen LogP contribution in [0.4, 0.5) is 5.95 Å². The number of nitrogens with two attached hydrogens (primary N) is 1. The summed E-state index contributed by atoms with van der Waals surface area (Å²) >= 11 is 5.91. The molecule has 1 saturated heterocycles. The van der Waals surface area contributed by atoms with Crippen LogP contribution in [-0.4, -0.2) is 22.0 Å². The average Bonchev–Trinajstić information content (AvgIpc) is 2.80. The molecule has 0 aliphatic carbocycles. The van der Waals surface area contributed by atoms with E-state index in [1.54, 1.807) is 12.1 Å². The van der Waals surface area contributed by atoms with Crippen LogP contribution in [0.1, 0.15) is 12.5 Å². The van der Waals surface area contributed by atoms with Crippen molar-refractivity contribution in [1.82, 2.24) is 14.9 Å². The third-order valence-electron chi connectivity index (χ3n) is 3.00. The zero-order valence-corrected chi connectivity index (χ0v) is 9.74. The third-order valence-corrected chi connectivity index (χ3v) is 3.23. The first-order chi connectivity index (χ1) is 8.15. The lowest BCUT2D eigenvalue weighted by Crippen LogP contribution is -2.16. The van der Waals surface area contributed by atoms with Gasteiger partial charge >= 0.3 is 0 Å². The molecular formula is C11H11ClN4O. The smallest absolute Gasteiger partial charge is 0.222 e. The molecule has 1 fully saturated rings. The predicted octanol–water partition coefficient (Wildman–Crippen LogP) is 1.33. The van der Waals surface area contributed by atoms with E-state index >= 15 is 0 Å². The molecule has 1 aliphatic heterocycles. The van der Waals surface area contributed by atoms with Gasteiger partial charge in [-0.05, 0) is 18.2 Å². The van der Waals surface area contributed by atoms with Crippen molar-refractivity contribution in [2.24, 2.45) is 0 Å². The molecule has 1 aliphatic rings. The summed E-state index contributed by atoms with van der Waals surface area (Å²) < 4.78 is 1.89. The highest BCUT2D eigenvalue weighted by Crippen LogP contribution is 2.28. The molecule has 1 amide bonds. The Bertz CT molecular complexity index is 607. The second-order valence-corrected chi connectivity index (χ2v) is 4.57. The molecule has 88 valence electrons. The van der Waals surface area contributed by atoms with Crippen molar-refractivity contribution >= 4 is 34.5 Å². The van der Waals surface area contributed by atoms with Crippen LogP contribution in [0.5, 0.6) is 0 Å². The molecule has 0 radical (unpaired) electrons. The van der Waals surface area contributed by atoms with Gasteiger partial charge in [0.25, 0.3) is 0 Å². The summed E-state index contributed by atoms with van der Waals surface area (Å²) in [7, 11) is 0. The van der Waals surface area contributed by atoms with Gasteiger partial charge in [0.05, 0.1) is 17.1 Å². The normalized spacial score (nSPS) is 19.8. The van der Waals surface area contributed by atoms with Crippen molar-refractivity contribution in [3.63, 3.8) is 0 Å². The van der Waals surface area contributed by atoms with Gasteiger partial charge in [-0.25, -0.2) is 4.98 Å². The summed E-state index contributed by atoms with van der Waals surface area (Å²) in [6, 6.07) is 5.48. The molecule has 1 unspecified atom stereocenters. The van der Waals surface area contributed by atoms with Crippen molar-refractivity contribution in [2.45, 2.75) is 12.5 Å². The van der Waals surface area contributed by atoms with Gasteiger partial charge < -0.3 is 15.6 Å². The number of hydrogen-bond acceptors (Lipinski definition) is 3. The molecule has 0 saturated carbocycles. The van der Waals surface area contributed by atoms with E-state index in [2.05, 4.69) is 10.3 Å². The fourth-order valence-corrected chi connectivity index (χ4v) is 2.41. The van der Waals surface area contributed by atoms with Crippen LogP contribution in [0.15, 0.2) is 18.2 Å². The Hall–Kier alpha value is -1.75. The van der Waals surface area contributed by atoms with E-state index in [1.165, 1.54) is 0 Å². The van der Waals surface area contributed by atoms with Crippen LogP contribution < -0.4 is 11.1 Å². The minimum atomic E-state index is 0.0358. The lowest BCUT2D eigenvalue weighted by molar-refractivity contribution is -0.119. The minimum Gasteiger partial charge on any atom is -0.369 e. The van der Waals surface area contributed by atoms with Crippen LogP contribution in [0.25, 0.3) is 11.0 Å². The Balaban J connectivity index is 2.15. The van der Waals surface area contributed by atoms with E-state index in [9.17, 15) is 4.79 Å². The number of halogens is 1. The Morgan fingerprint density at radius 1 is 1.53 bits per heavy atom. The fourth-order valence-electron chi connectivity index (χ4n) is 2.25. The second-order valence-electron chi connectivity index (χ2n) is 4.14. The standard InChI is InChI=1S/C11H11ClN4O/c12-6-1-2-9-8(3-6)15-11(13)16(9)7-4-10(17)14-5-7/h1-3,7H,4-5H2,(H2,13,15)(H,14,17). The lowest BCUT2D eigenvalue weighted by Gasteiger charge is -2.12.